The standard InChI is InChI=1S/C28H24Cl3N3O3/c1-2-34(17-19-6-4-3-5-7-19)28(36)22-16-25(20-14-23(30)26(35)24(31)15-20)32-33-27(22)37-13-12-18-8-10-21(29)11-9-18/h3-11,14-16,35H,2,12-13,17H2,1H3. The first-order valence-corrected chi connectivity index (χ1v) is 12.8. The molecule has 1 amide bonds. The lowest BCUT2D eigenvalue weighted by molar-refractivity contribution is 0.0746. The summed E-state index contributed by atoms with van der Waals surface area (Å²) in [6.07, 6.45) is 0.596. The van der Waals surface area contributed by atoms with Crippen molar-refractivity contribution in [2.75, 3.05) is 13.2 Å². The van der Waals surface area contributed by atoms with Gasteiger partial charge in [0.15, 0.2) is 5.75 Å². The van der Waals surface area contributed by atoms with Crippen LogP contribution in [0.2, 0.25) is 15.1 Å². The third kappa shape index (κ3) is 6.72. The molecule has 0 atom stereocenters. The fraction of sp³-hybridized carbons (Fsp3) is 0.179. The molecule has 0 aliphatic carbocycles. The molecule has 0 aliphatic heterocycles. The van der Waals surface area contributed by atoms with Gasteiger partial charge in [-0.05, 0) is 48.4 Å². The monoisotopic (exact) mass is 555 g/mol. The van der Waals surface area contributed by atoms with Crippen LogP contribution in [0.4, 0.5) is 0 Å². The van der Waals surface area contributed by atoms with E-state index in [2.05, 4.69) is 10.2 Å². The fourth-order valence-electron chi connectivity index (χ4n) is 3.71. The molecule has 4 aromatic rings. The predicted molar refractivity (Wildman–Crippen MR) is 147 cm³/mol. The predicted octanol–water partition coefficient (Wildman–Crippen LogP) is 7.09. The van der Waals surface area contributed by atoms with Crippen molar-refractivity contribution < 1.29 is 14.6 Å². The van der Waals surface area contributed by atoms with Gasteiger partial charge in [-0.25, -0.2) is 0 Å². The Morgan fingerprint density at radius 2 is 1.59 bits per heavy atom. The van der Waals surface area contributed by atoms with Gasteiger partial charge < -0.3 is 14.7 Å². The smallest absolute Gasteiger partial charge is 0.259 e. The molecule has 1 aromatic heterocycles. The third-order valence-electron chi connectivity index (χ3n) is 5.73. The van der Waals surface area contributed by atoms with Crippen molar-refractivity contribution in [3.05, 3.63) is 105 Å². The highest BCUT2D eigenvalue weighted by atomic mass is 35.5. The number of phenolic OH excluding ortho intramolecular Hbond substituents is 1. The molecule has 0 spiro atoms. The van der Waals surface area contributed by atoms with E-state index in [1.54, 1.807) is 11.0 Å². The summed E-state index contributed by atoms with van der Waals surface area (Å²) >= 11 is 18.2. The molecule has 4 rings (SSSR count). The second-order valence-corrected chi connectivity index (χ2v) is 9.52. The number of carbonyl (C=O) groups is 1. The molecule has 1 heterocycles. The van der Waals surface area contributed by atoms with Crippen LogP contribution in [0.15, 0.2) is 72.8 Å². The Kier molecular flexibility index (Phi) is 8.87. The van der Waals surface area contributed by atoms with Crippen molar-refractivity contribution in [3.8, 4) is 22.9 Å². The molecule has 0 fully saturated rings. The van der Waals surface area contributed by atoms with Gasteiger partial charge in [0, 0.05) is 30.1 Å². The molecule has 0 bridgehead atoms. The van der Waals surface area contributed by atoms with E-state index >= 15 is 0 Å². The van der Waals surface area contributed by atoms with Crippen LogP contribution in [-0.2, 0) is 13.0 Å². The van der Waals surface area contributed by atoms with Crippen molar-refractivity contribution in [2.45, 2.75) is 19.9 Å². The minimum atomic E-state index is -0.250. The van der Waals surface area contributed by atoms with E-state index in [0.717, 1.165) is 11.1 Å². The summed E-state index contributed by atoms with van der Waals surface area (Å²) in [5, 5.41) is 19.2. The number of hydrogen-bond acceptors (Lipinski definition) is 5. The van der Waals surface area contributed by atoms with E-state index in [0.29, 0.717) is 35.8 Å². The van der Waals surface area contributed by atoms with Crippen LogP contribution >= 0.6 is 34.8 Å². The summed E-state index contributed by atoms with van der Waals surface area (Å²) in [5.74, 6) is -0.344. The van der Waals surface area contributed by atoms with Crippen molar-refractivity contribution in [3.63, 3.8) is 0 Å². The molecule has 0 saturated heterocycles. The lowest BCUT2D eigenvalue weighted by Gasteiger charge is -2.22. The molecule has 0 radical (unpaired) electrons. The number of carbonyl (C=O) groups excluding carboxylic acids is 1. The van der Waals surface area contributed by atoms with Gasteiger partial charge in [-0.2, -0.15) is 0 Å². The number of benzene rings is 3. The number of nitrogens with zero attached hydrogens (tertiary/aromatic N) is 3. The Morgan fingerprint density at radius 3 is 2.24 bits per heavy atom. The molecule has 0 unspecified atom stereocenters. The Labute approximate surface area is 230 Å². The minimum Gasteiger partial charge on any atom is -0.505 e. The van der Waals surface area contributed by atoms with Gasteiger partial charge in [0.05, 0.1) is 22.3 Å². The van der Waals surface area contributed by atoms with Crippen molar-refractivity contribution in [2.24, 2.45) is 0 Å². The Balaban J connectivity index is 1.65. The average Bonchev–Trinajstić information content (AvgIpc) is 2.91. The largest absolute Gasteiger partial charge is 0.505 e. The first kappa shape index (κ1) is 26.7. The van der Waals surface area contributed by atoms with E-state index < -0.39 is 0 Å². The summed E-state index contributed by atoms with van der Waals surface area (Å²) in [6, 6.07) is 21.9. The topological polar surface area (TPSA) is 75.6 Å². The second kappa shape index (κ2) is 12.3. The highest BCUT2D eigenvalue weighted by Gasteiger charge is 2.23. The zero-order valence-electron chi connectivity index (χ0n) is 20.0. The molecule has 9 heteroatoms. The number of halogens is 3. The SMILES string of the molecule is CCN(Cc1ccccc1)C(=O)c1cc(-c2cc(Cl)c(O)c(Cl)c2)nnc1OCCc1ccc(Cl)cc1. The summed E-state index contributed by atoms with van der Waals surface area (Å²) in [5.41, 5.74) is 3.18. The van der Waals surface area contributed by atoms with E-state index in [1.165, 1.54) is 12.1 Å². The molecule has 37 heavy (non-hydrogen) atoms. The van der Waals surface area contributed by atoms with Gasteiger partial charge in [0.25, 0.3) is 5.91 Å². The molecule has 3 aromatic carbocycles. The number of phenols is 1. The molecular formula is C28H24Cl3N3O3. The van der Waals surface area contributed by atoms with Crippen LogP contribution in [0.1, 0.15) is 28.4 Å². The first-order valence-electron chi connectivity index (χ1n) is 11.6. The Morgan fingerprint density at radius 1 is 0.919 bits per heavy atom. The van der Waals surface area contributed by atoms with Crippen LogP contribution < -0.4 is 4.74 Å². The molecule has 190 valence electrons. The highest BCUT2D eigenvalue weighted by Crippen LogP contribution is 2.36. The minimum absolute atomic E-state index is 0.0692. The van der Waals surface area contributed by atoms with Crippen LogP contribution in [0.25, 0.3) is 11.3 Å². The van der Waals surface area contributed by atoms with Gasteiger partial charge in [0.1, 0.15) is 5.56 Å². The maximum Gasteiger partial charge on any atom is 0.259 e. The lowest BCUT2D eigenvalue weighted by atomic mass is 10.1. The van der Waals surface area contributed by atoms with Crippen molar-refractivity contribution in [1.82, 2.24) is 15.1 Å². The number of aromatic hydroxyl groups is 1. The third-order valence-corrected chi connectivity index (χ3v) is 6.56. The van der Waals surface area contributed by atoms with E-state index in [-0.39, 0.29) is 39.8 Å². The second-order valence-electron chi connectivity index (χ2n) is 8.27. The molecule has 6 nitrogen and oxygen atoms in total. The van der Waals surface area contributed by atoms with E-state index in [4.69, 9.17) is 39.5 Å². The fourth-order valence-corrected chi connectivity index (χ4v) is 4.33. The molecule has 0 saturated carbocycles. The molecule has 0 aliphatic rings. The summed E-state index contributed by atoms with van der Waals surface area (Å²) in [4.78, 5) is 15.4. The number of amides is 1. The van der Waals surface area contributed by atoms with Crippen molar-refractivity contribution >= 4 is 40.7 Å². The maximum absolute atomic E-state index is 13.7. The zero-order chi connectivity index (χ0) is 26.4. The van der Waals surface area contributed by atoms with Crippen LogP contribution in [0.5, 0.6) is 11.6 Å². The number of hydrogen-bond donors (Lipinski definition) is 1. The Bertz CT molecular complexity index is 1360. The normalized spacial score (nSPS) is 10.8. The van der Waals surface area contributed by atoms with Crippen molar-refractivity contribution in [1.29, 1.82) is 0 Å². The number of aromatic nitrogens is 2. The summed E-state index contributed by atoms with van der Waals surface area (Å²) in [7, 11) is 0. The van der Waals surface area contributed by atoms with Gasteiger partial charge in [-0.1, -0.05) is 77.3 Å². The lowest BCUT2D eigenvalue weighted by Crippen LogP contribution is -2.31. The van der Waals surface area contributed by atoms with Gasteiger partial charge in [-0.3, -0.25) is 4.79 Å². The first-order chi connectivity index (χ1) is 17.9. The maximum atomic E-state index is 13.7. The van der Waals surface area contributed by atoms with Crippen LogP contribution in [0.3, 0.4) is 0 Å². The van der Waals surface area contributed by atoms with E-state index in [1.807, 2.05) is 61.5 Å². The number of rotatable bonds is 9. The van der Waals surface area contributed by atoms with Gasteiger partial charge >= 0.3 is 0 Å². The summed E-state index contributed by atoms with van der Waals surface area (Å²) in [6.45, 7) is 3.11. The quantitative estimate of drug-likeness (QED) is 0.238. The van der Waals surface area contributed by atoms with Gasteiger partial charge in [0.2, 0.25) is 5.88 Å². The highest BCUT2D eigenvalue weighted by molar-refractivity contribution is 6.37. The molecule has 1 N–H and O–H groups in total. The molecular weight excluding hydrogens is 533 g/mol. The van der Waals surface area contributed by atoms with Crippen LogP contribution in [0, 0.1) is 0 Å². The van der Waals surface area contributed by atoms with Gasteiger partial charge in [-0.15, -0.1) is 10.2 Å². The van der Waals surface area contributed by atoms with Crippen LogP contribution in [-0.4, -0.2) is 39.3 Å². The summed E-state index contributed by atoms with van der Waals surface area (Å²) < 4.78 is 5.95. The van der Waals surface area contributed by atoms with E-state index in [9.17, 15) is 9.90 Å². The zero-order valence-corrected chi connectivity index (χ0v) is 22.3. The number of ether oxygens (including phenoxy) is 1. The Hall–Kier alpha value is -3.32. The average molecular weight is 557 g/mol.